The van der Waals surface area contributed by atoms with Gasteiger partial charge >= 0.3 is 0 Å². The van der Waals surface area contributed by atoms with Crippen molar-refractivity contribution in [3.8, 4) is 5.75 Å². The normalized spacial score (nSPS) is 19.3. The maximum atomic E-state index is 13.3. The number of ether oxygens (including phenoxy) is 1. The third-order valence-electron chi connectivity index (χ3n) is 6.23. The summed E-state index contributed by atoms with van der Waals surface area (Å²) in [6.45, 7) is 4.59. The molecule has 0 aliphatic carbocycles. The van der Waals surface area contributed by atoms with Crippen molar-refractivity contribution in [3.05, 3.63) is 100 Å². The minimum absolute atomic E-state index is 0.0991. The summed E-state index contributed by atoms with van der Waals surface area (Å²) < 4.78 is 5.68. The summed E-state index contributed by atoms with van der Waals surface area (Å²) in [5, 5.41) is 11.4. The number of Topliss-reactive ketones (excluding diaryl/α,β-unsaturated/α-hetero) is 1. The molecule has 166 valence electrons. The number of aliphatic hydroxyl groups is 1. The maximum absolute atomic E-state index is 13.3. The van der Waals surface area contributed by atoms with Gasteiger partial charge < -0.3 is 9.84 Å². The van der Waals surface area contributed by atoms with Crippen LogP contribution >= 0.6 is 0 Å². The fourth-order valence-corrected chi connectivity index (χ4v) is 4.80. The molecule has 1 unspecified atom stereocenters. The Bertz CT molecular complexity index is 1270. The van der Waals surface area contributed by atoms with Crippen molar-refractivity contribution < 1.29 is 19.4 Å². The van der Waals surface area contributed by atoms with Crippen LogP contribution in [0.1, 0.15) is 40.3 Å². The van der Waals surface area contributed by atoms with Crippen LogP contribution in [-0.2, 0) is 16.0 Å². The second-order valence-corrected chi connectivity index (χ2v) is 8.70. The molecule has 2 heterocycles. The number of amides is 1. The first-order valence-electron chi connectivity index (χ1n) is 11.1. The highest BCUT2D eigenvalue weighted by molar-refractivity contribution is 6.51. The van der Waals surface area contributed by atoms with Crippen molar-refractivity contribution in [2.24, 2.45) is 0 Å². The van der Waals surface area contributed by atoms with E-state index in [0.29, 0.717) is 17.9 Å². The van der Waals surface area contributed by atoms with Crippen LogP contribution in [0, 0.1) is 13.8 Å². The quantitative estimate of drug-likeness (QED) is 0.344. The Morgan fingerprint density at radius 1 is 0.970 bits per heavy atom. The van der Waals surface area contributed by atoms with Gasteiger partial charge in [-0.2, -0.15) is 0 Å². The van der Waals surface area contributed by atoms with Gasteiger partial charge in [0.2, 0.25) is 0 Å². The number of hydrogen-bond donors (Lipinski definition) is 1. The summed E-state index contributed by atoms with van der Waals surface area (Å²) in [5.74, 6) is -0.693. The minimum atomic E-state index is -0.723. The monoisotopic (exact) mass is 439 g/mol. The van der Waals surface area contributed by atoms with Gasteiger partial charge in [0.05, 0.1) is 18.2 Å². The molecular weight excluding hydrogens is 414 g/mol. The number of anilines is 1. The Morgan fingerprint density at radius 2 is 1.70 bits per heavy atom. The van der Waals surface area contributed by atoms with Gasteiger partial charge in [-0.1, -0.05) is 36.4 Å². The first-order chi connectivity index (χ1) is 15.9. The molecule has 1 atom stereocenters. The van der Waals surface area contributed by atoms with Crippen LogP contribution in [0.3, 0.4) is 0 Å². The van der Waals surface area contributed by atoms with Crippen LogP contribution in [0.2, 0.25) is 0 Å². The number of aryl methyl sites for hydroxylation is 3. The van der Waals surface area contributed by atoms with E-state index < -0.39 is 17.7 Å². The fourth-order valence-electron chi connectivity index (χ4n) is 4.80. The standard InChI is InChI=1S/C28H25NO4/c1-17-13-18(2)15-22(14-17)29-25(19-7-4-3-5-8-19)24(27(31)28(29)32)26(30)21-10-11-23-20(16-21)9-6-12-33-23/h3-5,7-8,10-11,13-16,25,30H,6,9,12H2,1-2H3/b26-24-. The molecule has 3 aromatic rings. The molecule has 5 rings (SSSR count). The predicted octanol–water partition coefficient (Wildman–Crippen LogP) is 5.25. The van der Waals surface area contributed by atoms with Crippen LogP contribution < -0.4 is 9.64 Å². The van der Waals surface area contributed by atoms with E-state index in [9.17, 15) is 14.7 Å². The summed E-state index contributed by atoms with van der Waals surface area (Å²) in [4.78, 5) is 28.1. The van der Waals surface area contributed by atoms with E-state index in [2.05, 4.69) is 0 Å². The molecule has 0 aromatic heterocycles. The Labute approximate surface area is 192 Å². The van der Waals surface area contributed by atoms with Crippen LogP contribution in [0.4, 0.5) is 5.69 Å². The minimum Gasteiger partial charge on any atom is -0.507 e. The molecule has 3 aromatic carbocycles. The smallest absolute Gasteiger partial charge is 0.300 e. The second kappa shape index (κ2) is 8.24. The number of aliphatic hydroxyl groups excluding tert-OH is 1. The lowest BCUT2D eigenvalue weighted by molar-refractivity contribution is -0.132. The highest BCUT2D eigenvalue weighted by Crippen LogP contribution is 2.43. The van der Waals surface area contributed by atoms with Crippen LogP contribution in [0.15, 0.2) is 72.3 Å². The number of carbonyl (C=O) groups excluding carboxylic acids is 2. The molecule has 0 spiro atoms. The zero-order valence-electron chi connectivity index (χ0n) is 18.7. The third kappa shape index (κ3) is 3.69. The summed E-state index contributed by atoms with van der Waals surface area (Å²) in [6, 6.07) is 19.9. The van der Waals surface area contributed by atoms with Crippen molar-refractivity contribution in [3.63, 3.8) is 0 Å². The Hall–Kier alpha value is -3.86. The first-order valence-corrected chi connectivity index (χ1v) is 11.1. The SMILES string of the molecule is Cc1cc(C)cc(N2C(=O)C(=O)/C(=C(\O)c3ccc4c(c3)CCCO4)C2c2ccccc2)c1. The van der Waals surface area contributed by atoms with E-state index in [4.69, 9.17) is 4.74 Å². The molecule has 1 amide bonds. The van der Waals surface area contributed by atoms with Crippen LogP contribution in [0.5, 0.6) is 5.75 Å². The van der Waals surface area contributed by atoms with Gasteiger partial charge in [-0.05, 0) is 79.3 Å². The molecule has 5 heteroatoms. The molecule has 2 aliphatic heterocycles. The van der Waals surface area contributed by atoms with Gasteiger partial charge in [0.15, 0.2) is 0 Å². The molecule has 5 nitrogen and oxygen atoms in total. The van der Waals surface area contributed by atoms with E-state index >= 15 is 0 Å². The highest BCUT2D eigenvalue weighted by Gasteiger charge is 2.47. The van der Waals surface area contributed by atoms with Gasteiger partial charge in [-0.25, -0.2) is 0 Å². The molecule has 1 N–H and O–H groups in total. The van der Waals surface area contributed by atoms with Gasteiger partial charge in [0.1, 0.15) is 11.5 Å². The topological polar surface area (TPSA) is 66.8 Å². The zero-order chi connectivity index (χ0) is 23.1. The second-order valence-electron chi connectivity index (χ2n) is 8.70. The third-order valence-corrected chi connectivity index (χ3v) is 6.23. The molecule has 0 saturated carbocycles. The fraction of sp³-hybridized carbons (Fsp3) is 0.214. The van der Waals surface area contributed by atoms with Crippen molar-refractivity contribution in [1.82, 2.24) is 0 Å². The van der Waals surface area contributed by atoms with Crippen molar-refractivity contribution in [2.75, 3.05) is 11.5 Å². The molecule has 33 heavy (non-hydrogen) atoms. The molecule has 1 saturated heterocycles. The van der Waals surface area contributed by atoms with Crippen LogP contribution in [0.25, 0.3) is 5.76 Å². The Kier molecular flexibility index (Phi) is 5.25. The molecule has 0 radical (unpaired) electrons. The van der Waals surface area contributed by atoms with Gasteiger partial charge in [-0.15, -0.1) is 0 Å². The number of hydrogen-bond acceptors (Lipinski definition) is 4. The largest absolute Gasteiger partial charge is 0.507 e. The molecule has 0 bridgehead atoms. The van der Waals surface area contributed by atoms with E-state index in [1.165, 1.54) is 4.90 Å². The Balaban J connectivity index is 1.70. The average molecular weight is 440 g/mol. The van der Waals surface area contributed by atoms with Gasteiger partial charge in [-0.3, -0.25) is 14.5 Å². The first kappa shape index (κ1) is 21.0. The van der Waals surface area contributed by atoms with Crippen molar-refractivity contribution >= 4 is 23.1 Å². The molecular formula is C28H25NO4. The van der Waals surface area contributed by atoms with E-state index in [1.807, 2.05) is 74.5 Å². The van der Waals surface area contributed by atoms with E-state index in [1.54, 1.807) is 6.07 Å². The number of ketones is 1. The van der Waals surface area contributed by atoms with Crippen molar-refractivity contribution in [1.29, 1.82) is 0 Å². The maximum Gasteiger partial charge on any atom is 0.300 e. The van der Waals surface area contributed by atoms with E-state index in [0.717, 1.165) is 40.8 Å². The summed E-state index contributed by atoms with van der Waals surface area (Å²) in [5.41, 5.74) is 4.99. The zero-order valence-corrected chi connectivity index (χ0v) is 18.7. The van der Waals surface area contributed by atoms with Crippen LogP contribution in [-0.4, -0.2) is 23.4 Å². The summed E-state index contributed by atoms with van der Waals surface area (Å²) >= 11 is 0. The van der Waals surface area contributed by atoms with Crippen molar-refractivity contribution in [2.45, 2.75) is 32.7 Å². The summed E-state index contributed by atoms with van der Waals surface area (Å²) in [6.07, 6.45) is 1.74. The summed E-state index contributed by atoms with van der Waals surface area (Å²) in [7, 11) is 0. The van der Waals surface area contributed by atoms with Gasteiger partial charge in [0, 0.05) is 11.3 Å². The number of carbonyl (C=O) groups is 2. The number of benzene rings is 3. The lowest BCUT2D eigenvalue weighted by Gasteiger charge is -2.26. The number of rotatable bonds is 3. The lowest BCUT2D eigenvalue weighted by atomic mass is 9.94. The van der Waals surface area contributed by atoms with E-state index in [-0.39, 0.29) is 11.3 Å². The number of nitrogens with zero attached hydrogens (tertiary/aromatic N) is 1. The Morgan fingerprint density at radius 3 is 2.42 bits per heavy atom. The molecule has 2 aliphatic rings. The van der Waals surface area contributed by atoms with Gasteiger partial charge in [0.25, 0.3) is 11.7 Å². The molecule has 1 fully saturated rings. The average Bonchev–Trinajstić information content (AvgIpc) is 3.08. The lowest BCUT2D eigenvalue weighted by Crippen LogP contribution is -2.29. The predicted molar refractivity (Wildman–Crippen MR) is 127 cm³/mol. The highest BCUT2D eigenvalue weighted by atomic mass is 16.5. The number of fused-ring (bicyclic) bond motifs is 1.